The maximum absolute atomic E-state index is 14.7. The fourth-order valence-electron chi connectivity index (χ4n) is 4.38. The summed E-state index contributed by atoms with van der Waals surface area (Å²) in [6, 6.07) is 13.8. The van der Waals surface area contributed by atoms with E-state index in [9.17, 15) is 4.39 Å². The van der Waals surface area contributed by atoms with Gasteiger partial charge < -0.3 is 14.6 Å². The number of hydrogen-bond donors (Lipinski definition) is 1. The van der Waals surface area contributed by atoms with Gasteiger partial charge in [0, 0.05) is 44.3 Å². The molecule has 2 aromatic carbocycles. The van der Waals surface area contributed by atoms with Crippen LogP contribution in [0.1, 0.15) is 17.4 Å². The number of anilines is 2. The van der Waals surface area contributed by atoms with Gasteiger partial charge in [0.1, 0.15) is 23.2 Å². The average molecular weight is 511 g/mol. The van der Waals surface area contributed by atoms with Crippen molar-refractivity contribution in [1.29, 1.82) is 0 Å². The third-order valence-corrected chi connectivity index (χ3v) is 6.32. The Kier molecular flexibility index (Phi) is 5.75. The molecule has 0 amide bonds. The molecule has 6 aromatic rings. The second kappa shape index (κ2) is 9.39. The summed E-state index contributed by atoms with van der Waals surface area (Å²) in [5.74, 6) is 1.62. The van der Waals surface area contributed by atoms with Crippen molar-refractivity contribution >= 4 is 22.8 Å². The highest BCUT2D eigenvalue weighted by molar-refractivity contribution is 5.81. The van der Waals surface area contributed by atoms with Gasteiger partial charge in [-0.2, -0.15) is 5.10 Å². The number of imidazole rings is 1. The molecule has 0 saturated carbocycles. The zero-order valence-corrected chi connectivity index (χ0v) is 20.8. The standard InChI is InChI=1S/C26H23FN10O/c1-35-13-12-28-25(35)24(17-5-7-22(38-3)18(27)14-17)37-21-6-4-16(15-20(21)33-34-37)19-8-10-29-26(31-19)32-23-9-11-30-36(23)2/h4-15,24H,1-3H3,(H,29,31,32)/t24-/m0/s1. The first kappa shape index (κ1) is 23.3. The van der Waals surface area contributed by atoms with Crippen molar-refractivity contribution in [3.8, 4) is 17.0 Å². The molecule has 12 heteroatoms. The van der Waals surface area contributed by atoms with Crippen LogP contribution in [0.2, 0.25) is 0 Å². The molecule has 0 aliphatic carbocycles. The Labute approximate surface area is 216 Å². The van der Waals surface area contributed by atoms with Crippen molar-refractivity contribution in [3.63, 3.8) is 0 Å². The van der Waals surface area contributed by atoms with Crippen LogP contribution in [-0.4, -0.2) is 51.4 Å². The van der Waals surface area contributed by atoms with Crippen molar-refractivity contribution < 1.29 is 9.13 Å². The highest BCUT2D eigenvalue weighted by atomic mass is 19.1. The lowest BCUT2D eigenvalue weighted by molar-refractivity contribution is 0.385. The molecule has 0 aliphatic heterocycles. The van der Waals surface area contributed by atoms with Gasteiger partial charge in [0.2, 0.25) is 5.95 Å². The number of ether oxygens (including phenoxy) is 1. The Hall–Kier alpha value is -5.13. The van der Waals surface area contributed by atoms with Gasteiger partial charge in [-0.3, -0.25) is 4.68 Å². The van der Waals surface area contributed by atoms with Crippen LogP contribution in [0.15, 0.2) is 73.3 Å². The van der Waals surface area contributed by atoms with Gasteiger partial charge in [-0.1, -0.05) is 17.3 Å². The third kappa shape index (κ3) is 4.11. The minimum atomic E-state index is -0.514. The van der Waals surface area contributed by atoms with Crippen molar-refractivity contribution in [1.82, 2.24) is 44.3 Å². The molecule has 190 valence electrons. The molecular weight excluding hydrogens is 487 g/mol. The van der Waals surface area contributed by atoms with Crippen LogP contribution >= 0.6 is 0 Å². The predicted molar refractivity (Wildman–Crippen MR) is 138 cm³/mol. The minimum absolute atomic E-state index is 0.169. The summed E-state index contributed by atoms with van der Waals surface area (Å²) in [7, 11) is 5.16. The van der Waals surface area contributed by atoms with E-state index < -0.39 is 11.9 Å². The van der Waals surface area contributed by atoms with Crippen LogP contribution in [0.25, 0.3) is 22.3 Å². The Bertz CT molecular complexity index is 1750. The Morgan fingerprint density at radius 3 is 2.61 bits per heavy atom. The summed E-state index contributed by atoms with van der Waals surface area (Å²) in [5, 5.41) is 16.2. The molecule has 0 bridgehead atoms. The molecule has 4 heterocycles. The van der Waals surface area contributed by atoms with Gasteiger partial charge in [0.05, 0.1) is 24.5 Å². The highest BCUT2D eigenvalue weighted by Crippen LogP contribution is 2.32. The van der Waals surface area contributed by atoms with E-state index in [0.29, 0.717) is 22.9 Å². The molecule has 0 spiro atoms. The maximum atomic E-state index is 14.7. The van der Waals surface area contributed by atoms with Gasteiger partial charge in [0.15, 0.2) is 11.6 Å². The normalized spacial score (nSPS) is 12.1. The number of fused-ring (bicyclic) bond motifs is 1. The van der Waals surface area contributed by atoms with Gasteiger partial charge in [0.25, 0.3) is 0 Å². The fourth-order valence-corrected chi connectivity index (χ4v) is 4.38. The summed E-state index contributed by atoms with van der Waals surface area (Å²) in [6.07, 6.45) is 6.93. The number of aromatic nitrogens is 9. The Balaban J connectivity index is 1.40. The molecule has 1 N–H and O–H groups in total. The topological polar surface area (TPSA) is 113 Å². The largest absolute Gasteiger partial charge is 0.494 e. The molecule has 0 saturated heterocycles. The van der Waals surface area contributed by atoms with E-state index in [0.717, 1.165) is 22.6 Å². The van der Waals surface area contributed by atoms with Crippen LogP contribution in [0, 0.1) is 5.82 Å². The zero-order chi connectivity index (χ0) is 26.2. The smallest absolute Gasteiger partial charge is 0.228 e. The molecule has 38 heavy (non-hydrogen) atoms. The van der Waals surface area contributed by atoms with E-state index in [1.165, 1.54) is 13.2 Å². The summed E-state index contributed by atoms with van der Waals surface area (Å²) in [4.78, 5) is 13.5. The number of methoxy groups -OCH3 is 1. The molecule has 6 rings (SSSR count). The van der Waals surface area contributed by atoms with Gasteiger partial charge in [-0.05, 0) is 35.9 Å². The quantitative estimate of drug-likeness (QED) is 0.344. The van der Waals surface area contributed by atoms with Gasteiger partial charge >= 0.3 is 0 Å². The molecule has 11 nitrogen and oxygen atoms in total. The molecule has 0 unspecified atom stereocenters. The van der Waals surface area contributed by atoms with Gasteiger partial charge in [-0.25, -0.2) is 24.0 Å². The van der Waals surface area contributed by atoms with Crippen LogP contribution in [-0.2, 0) is 14.1 Å². The molecule has 1 atom stereocenters. The molecule has 0 aliphatic rings. The number of rotatable bonds is 7. The zero-order valence-electron chi connectivity index (χ0n) is 20.8. The van der Waals surface area contributed by atoms with E-state index in [2.05, 4.69) is 35.7 Å². The summed E-state index contributed by atoms with van der Waals surface area (Å²) in [5.41, 5.74) is 3.66. The lowest BCUT2D eigenvalue weighted by Crippen LogP contribution is -2.18. The highest BCUT2D eigenvalue weighted by Gasteiger charge is 2.25. The minimum Gasteiger partial charge on any atom is -0.494 e. The van der Waals surface area contributed by atoms with Crippen LogP contribution < -0.4 is 10.1 Å². The summed E-state index contributed by atoms with van der Waals surface area (Å²) in [6.45, 7) is 0. The van der Waals surface area contributed by atoms with Crippen molar-refractivity contribution in [2.24, 2.45) is 14.1 Å². The second-order valence-corrected chi connectivity index (χ2v) is 8.66. The van der Waals surface area contributed by atoms with E-state index in [1.54, 1.807) is 40.1 Å². The average Bonchev–Trinajstić information content (AvgIpc) is 3.65. The number of nitrogens with zero attached hydrogens (tertiary/aromatic N) is 9. The van der Waals surface area contributed by atoms with Crippen LogP contribution in [0.3, 0.4) is 0 Å². The third-order valence-electron chi connectivity index (χ3n) is 6.32. The van der Waals surface area contributed by atoms with E-state index >= 15 is 0 Å². The lowest BCUT2D eigenvalue weighted by atomic mass is 10.0. The van der Waals surface area contributed by atoms with Crippen LogP contribution in [0.5, 0.6) is 5.75 Å². The van der Waals surface area contributed by atoms with E-state index in [-0.39, 0.29) is 5.75 Å². The molecule has 0 radical (unpaired) electrons. The van der Waals surface area contributed by atoms with Gasteiger partial charge in [-0.15, -0.1) is 5.10 Å². The SMILES string of the molecule is COc1ccc([C@@H](c2nccn2C)n2nnc3cc(-c4ccnc(Nc5ccnn5C)n4)ccc32)cc1F. The Morgan fingerprint density at radius 2 is 1.87 bits per heavy atom. The number of halogens is 1. The number of nitrogens with one attached hydrogen (secondary N) is 1. The van der Waals surface area contributed by atoms with Crippen molar-refractivity contribution in [2.75, 3.05) is 12.4 Å². The first-order chi connectivity index (χ1) is 18.5. The van der Waals surface area contributed by atoms with Crippen LogP contribution in [0.4, 0.5) is 16.2 Å². The monoisotopic (exact) mass is 510 g/mol. The van der Waals surface area contributed by atoms with E-state index in [1.807, 2.05) is 55.2 Å². The Morgan fingerprint density at radius 1 is 0.974 bits per heavy atom. The first-order valence-electron chi connectivity index (χ1n) is 11.8. The van der Waals surface area contributed by atoms with Crippen molar-refractivity contribution in [3.05, 3.63) is 90.5 Å². The number of hydrogen-bond acceptors (Lipinski definition) is 8. The van der Waals surface area contributed by atoms with Crippen molar-refractivity contribution in [2.45, 2.75) is 6.04 Å². The number of aryl methyl sites for hydroxylation is 2. The maximum Gasteiger partial charge on any atom is 0.228 e. The predicted octanol–water partition coefficient (Wildman–Crippen LogP) is 3.88. The fraction of sp³-hybridized carbons (Fsp3) is 0.154. The first-order valence-corrected chi connectivity index (χ1v) is 11.8. The molecule has 4 aromatic heterocycles. The molecule has 0 fully saturated rings. The lowest BCUT2D eigenvalue weighted by Gasteiger charge is -2.19. The van der Waals surface area contributed by atoms with E-state index in [4.69, 9.17) is 4.74 Å². The second-order valence-electron chi connectivity index (χ2n) is 8.66. The summed E-state index contributed by atoms with van der Waals surface area (Å²) < 4.78 is 25.1. The summed E-state index contributed by atoms with van der Waals surface area (Å²) >= 11 is 0. The number of benzene rings is 2. The molecular formula is C26H23FN10O.